The summed E-state index contributed by atoms with van der Waals surface area (Å²) in [5.41, 5.74) is 0.907. The van der Waals surface area contributed by atoms with E-state index in [2.05, 4.69) is 9.88 Å². The molecule has 1 aliphatic heterocycles. The molecule has 0 spiro atoms. The van der Waals surface area contributed by atoms with E-state index in [0.717, 1.165) is 17.7 Å². The van der Waals surface area contributed by atoms with Gasteiger partial charge in [0.05, 0.1) is 5.02 Å². The maximum absolute atomic E-state index is 13.8. The van der Waals surface area contributed by atoms with Crippen LogP contribution in [0.15, 0.2) is 41.6 Å². The molecule has 0 aliphatic carbocycles. The van der Waals surface area contributed by atoms with Crippen LogP contribution >= 0.6 is 11.6 Å². The first-order valence-electron chi connectivity index (χ1n) is 7.64. The third kappa shape index (κ3) is 3.98. The SMILES string of the molecule is O=S(=O)(c1cc(F)ccc1F)N1CCN(Cc2ccncc2Cl)CC1. The zero-order valence-corrected chi connectivity index (χ0v) is 14.8. The second kappa shape index (κ2) is 7.33. The Labute approximate surface area is 149 Å². The second-order valence-electron chi connectivity index (χ2n) is 5.72. The van der Waals surface area contributed by atoms with Gasteiger partial charge in [0, 0.05) is 45.1 Å². The summed E-state index contributed by atoms with van der Waals surface area (Å²) in [6, 6.07) is 4.25. The first-order valence-corrected chi connectivity index (χ1v) is 9.45. The van der Waals surface area contributed by atoms with Crippen molar-refractivity contribution in [2.75, 3.05) is 26.2 Å². The van der Waals surface area contributed by atoms with Crippen LogP contribution in [0.1, 0.15) is 5.56 Å². The zero-order chi connectivity index (χ0) is 18.0. The van der Waals surface area contributed by atoms with Gasteiger partial charge in [0.25, 0.3) is 0 Å². The summed E-state index contributed by atoms with van der Waals surface area (Å²) in [7, 11) is -4.06. The van der Waals surface area contributed by atoms with Gasteiger partial charge in [0.1, 0.15) is 16.5 Å². The van der Waals surface area contributed by atoms with Gasteiger partial charge in [0.15, 0.2) is 0 Å². The second-order valence-corrected chi connectivity index (χ2v) is 8.04. The lowest BCUT2D eigenvalue weighted by atomic mass is 10.2. The minimum atomic E-state index is -4.06. The molecule has 1 aromatic heterocycles. The molecule has 0 N–H and O–H groups in total. The van der Waals surface area contributed by atoms with Crippen LogP contribution in [0.2, 0.25) is 5.02 Å². The van der Waals surface area contributed by atoms with Crippen LogP contribution in [0.5, 0.6) is 0 Å². The highest BCUT2D eigenvalue weighted by Crippen LogP contribution is 2.23. The number of hydrogen-bond acceptors (Lipinski definition) is 4. The molecule has 2 aromatic rings. The van der Waals surface area contributed by atoms with E-state index in [1.54, 1.807) is 12.4 Å². The standard InChI is InChI=1S/C16H16ClF2N3O2S/c17-14-10-20-4-3-12(14)11-21-5-7-22(8-6-21)25(23,24)16-9-13(18)1-2-15(16)19/h1-4,9-10H,5-8,11H2. The Morgan fingerprint density at radius 2 is 1.84 bits per heavy atom. The van der Waals surface area contributed by atoms with Crippen LogP contribution in [0.4, 0.5) is 8.78 Å². The van der Waals surface area contributed by atoms with E-state index < -0.39 is 26.6 Å². The predicted molar refractivity (Wildman–Crippen MR) is 89.6 cm³/mol. The van der Waals surface area contributed by atoms with Crippen LogP contribution in [0, 0.1) is 11.6 Å². The van der Waals surface area contributed by atoms with Crippen molar-refractivity contribution in [1.82, 2.24) is 14.2 Å². The lowest BCUT2D eigenvalue weighted by Crippen LogP contribution is -2.48. The fraction of sp³-hybridized carbons (Fsp3) is 0.312. The Morgan fingerprint density at radius 1 is 1.12 bits per heavy atom. The number of hydrogen-bond donors (Lipinski definition) is 0. The average Bonchev–Trinajstić information content (AvgIpc) is 2.59. The van der Waals surface area contributed by atoms with Crippen LogP contribution < -0.4 is 0 Å². The fourth-order valence-corrected chi connectivity index (χ4v) is 4.39. The predicted octanol–water partition coefficient (Wildman–Crippen LogP) is 2.52. The molecule has 0 amide bonds. The summed E-state index contributed by atoms with van der Waals surface area (Å²) in [6.45, 7) is 1.90. The number of piperazine rings is 1. The molecule has 0 unspecified atom stereocenters. The van der Waals surface area contributed by atoms with E-state index >= 15 is 0 Å². The first kappa shape index (κ1) is 18.2. The third-order valence-electron chi connectivity index (χ3n) is 4.09. The van der Waals surface area contributed by atoms with Gasteiger partial charge in [0.2, 0.25) is 10.0 Å². The Bertz CT molecular complexity index is 871. The van der Waals surface area contributed by atoms with Crippen LogP contribution in [0.3, 0.4) is 0 Å². The molecule has 1 fully saturated rings. The van der Waals surface area contributed by atoms with E-state index in [-0.39, 0.29) is 13.1 Å². The minimum Gasteiger partial charge on any atom is -0.296 e. The largest absolute Gasteiger partial charge is 0.296 e. The van der Waals surface area contributed by atoms with Crippen molar-refractivity contribution in [3.05, 3.63) is 58.9 Å². The number of benzene rings is 1. The van der Waals surface area contributed by atoms with E-state index in [4.69, 9.17) is 11.6 Å². The highest BCUT2D eigenvalue weighted by molar-refractivity contribution is 7.89. The van der Waals surface area contributed by atoms with E-state index in [0.29, 0.717) is 30.7 Å². The molecule has 9 heteroatoms. The highest BCUT2D eigenvalue weighted by Gasteiger charge is 2.31. The lowest BCUT2D eigenvalue weighted by molar-refractivity contribution is 0.181. The summed E-state index contributed by atoms with van der Waals surface area (Å²) >= 11 is 6.08. The molecular formula is C16H16ClF2N3O2S. The van der Waals surface area contributed by atoms with E-state index in [1.807, 2.05) is 6.07 Å². The first-order chi connectivity index (χ1) is 11.9. The smallest absolute Gasteiger partial charge is 0.246 e. The molecule has 0 saturated carbocycles. The van der Waals surface area contributed by atoms with Gasteiger partial charge in [-0.2, -0.15) is 4.31 Å². The molecule has 134 valence electrons. The Hall–Kier alpha value is -1.61. The number of aromatic nitrogens is 1. The number of rotatable bonds is 4. The molecule has 2 heterocycles. The Kier molecular flexibility index (Phi) is 5.33. The molecule has 25 heavy (non-hydrogen) atoms. The van der Waals surface area contributed by atoms with Crippen molar-refractivity contribution in [3.8, 4) is 0 Å². The summed E-state index contributed by atoms with van der Waals surface area (Å²) in [4.78, 5) is 5.35. The molecule has 5 nitrogen and oxygen atoms in total. The molecule has 1 aromatic carbocycles. The molecule has 3 rings (SSSR count). The van der Waals surface area contributed by atoms with Gasteiger partial charge in [-0.3, -0.25) is 9.88 Å². The number of halogens is 3. The van der Waals surface area contributed by atoms with Crippen molar-refractivity contribution >= 4 is 21.6 Å². The van der Waals surface area contributed by atoms with Crippen molar-refractivity contribution in [2.24, 2.45) is 0 Å². The monoisotopic (exact) mass is 387 g/mol. The van der Waals surface area contributed by atoms with Crippen molar-refractivity contribution in [3.63, 3.8) is 0 Å². The number of pyridine rings is 1. The summed E-state index contributed by atoms with van der Waals surface area (Å²) in [5, 5.41) is 0.555. The topological polar surface area (TPSA) is 53.5 Å². The van der Waals surface area contributed by atoms with E-state index in [1.165, 1.54) is 4.31 Å². The normalized spacial score (nSPS) is 16.9. The maximum atomic E-state index is 13.8. The van der Waals surface area contributed by atoms with Gasteiger partial charge in [-0.05, 0) is 29.8 Å². The number of nitrogens with zero attached hydrogens (tertiary/aromatic N) is 3. The van der Waals surface area contributed by atoms with Gasteiger partial charge < -0.3 is 0 Å². The van der Waals surface area contributed by atoms with Crippen molar-refractivity contribution < 1.29 is 17.2 Å². The molecule has 1 aliphatic rings. The summed E-state index contributed by atoms with van der Waals surface area (Å²) < 4.78 is 53.4. The number of sulfonamides is 1. The quantitative estimate of drug-likeness (QED) is 0.809. The minimum absolute atomic E-state index is 0.195. The molecule has 1 saturated heterocycles. The highest BCUT2D eigenvalue weighted by atomic mass is 35.5. The molecule has 0 atom stereocenters. The van der Waals surface area contributed by atoms with Gasteiger partial charge in [-0.25, -0.2) is 17.2 Å². The third-order valence-corrected chi connectivity index (χ3v) is 6.35. The van der Waals surface area contributed by atoms with Crippen molar-refractivity contribution in [1.29, 1.82) is 0 Å². The Morgan fingerprint density at radius 3 is 2.52 bits per heavy atom. The zero-order valence-electron chi connectivity index (χ0n) is 13.2. The van der Waals surface area contributed by atoms with E-state index in [9.17, 15) is 17.2 Å². The van der Waals surface area contributed by atoms with Gasteiger partial charge in [-0.15, -0.1) is 0 Å². The van der Waals surface area contributed by atoms with Gasteiger partial charge in [-0.1, -0.05) is 11.6 Å². The summed E-state index contributed by atoms with van der Waals surface area (Å²) in [5.74, 6) is -1.74. The lowest BCUT2D eigenvalue weighted by Gasteiger charge is -2.34. The Balaban J connectivity index is 1.69. The van der Waals surface area contributed by atoms with Crippen LogP contribution in [-0.2, 0) is 16.6 Å². The maximum Gasteiger partial charge on any atom is 0.246 e. The molecular weight excluding hydrogens is 372 g/mol. The van der Waals surface area contributed by atoms with Crippen LogP contribution in [0.25, 0.3) is 0 Å². The summed E-state index contributed by atoms with van der Waals surface area (Å²) in [6.07, 6.45) is 3.21. The molecule has 0 bridgehead atoms. The van der Waals surface area contributed by atoms with Gasteiger partial charge >= 0.3 is 0 Å². The average molecular weight is 388 g/mol. The molecule has 0 radical (unpaired) electrons. The van der Waals surface area contributed by atoms with Crippen molar-refractivity contribution in [2.45, 2.75) is 11.4 Å². The van der Waals surface area contributed by atoms with Crippen LogP contribution in [-0.4, -0.2) is 48.8 Å². The fourth-order valence-electron chi connectivity index (χ4n) is 2.72.